The molecule has 0 aliphatic carbocycles. The molecule has 0 unspecified atom stereocenters. The second kappa shape index (κ2) is 9.52. The van der Waals surface area contributed by atoms with Gasteiger partial charge in [0.1, 0.15) is 0 Å². The van der Waals surface area contributed by atoms with Gasteiger partial charge in [0.15, 0.2) is 5.11 Å². The molecule has 0 aromatic heterocycles. The molecule has 1 aromatic rings. The summed E-state index contributed by atoms with van der Waals surface area (Å²) in [6, 6.07) is 6.35. The lowest BCUT2D eigenvalue weighted by Crippen LogP contribution is -2.48. The molecule has 4 N–H and O–H groups in total. The largest absolute Gasteiger partial charge is 0.326 e. The number of thiocarbonyl (C=S) groups is 1. The zero-order valence-electron chi connectivity index (χ0n) is 13.1. The van der Waals surface area contributed by atoms with Gasteiger partial charge in [-0.25, -0.2) is 0 Å². The molecule has 0 atom stereocenters. The number of rotatable bonds is 5. The van der Waals surface area contributed by atoms with Gasteiger partial charge in [-0.05, 0) is 42.9 Å². The zero-order chi connectivity index (χ0) is 17.2. The molecular weight excluding hydrogens is 316 g/mol. The number of anilines is 1. The smallest absolute Gasteiger partial charge is 0.269 e. The second-order valence-corrected chi connectivity index (χ2v) is 5.23. The first-order valence-electron chi connectivity index (χ1n) is 7.20. The van der Waals surface area contributed by atoms with E-state index in [0.717, 1.165) is 12.8 Å². The summed E-state index contributed by atoms with van der Waals surface area (Å²) in [5, 5.41) is 5.11. The molecule has 23 heavy (non-hydrogen) atoms. The SMILES string of the molecule is CCCCC(=O)NC(=S)NNC(=O)c1ccc(NC(C)=O)cc1. The van der Waals surface area contributed by atoms with Crippen molar-refractivity contribution >= 4 is 40.7 Å². The second-order valence-electron chi connectivity index (χ2n) is 4.82. The van der Waals surface area contributed by atoms with E-state index in [-0.39, 0.29) is 16.9 Å². The van der Waals surface area contributed by atoms with E-state index in [2.05, 4.69) is 21.5 Å². The van der Waals surface area contributed by atoms with Gasteiger partial charge in [-0.1, -0.05) is 13.3 Å². The van der Waals surface area contributed by atoms with Crippen LogP contribution in [0.25, 0.3) is 0 Å². The maximum absolute atomic E-state index is 11.9. The van der Waals surface area contributed by atoms with Crippen molar-refractivity contribution in [2.24, 2.45) is 0 Å². The van der Waals surface area contributed by atoms with Crippen molar-refractivity contribution in [1.29, 1.82) is 0 Å². The maximum atomic E-state index is 11.9. The van der Waals surface area contributed by atoms with E-state index in [4.69, 9.17) is 12.2 Å². The first-order chi connectivity index (χ1) is 10.9. The number of unbranched alkanes of at least 4 members (excludes halogenated alkanes) is 1. The molecule has 0 heterocycles. The number of carbonyl (C=O) groups is 3. The lowest BCUT2D eigenvalue weighted by Gasteiger charge is -2.11. The molecule has 0 radical (unpaired) electrons. The summed E-state index contributed by atoms with van der Waals surface area (Å²) in [7, 11) is 0. The van der Waals surface area contributed by atoms with Crippen LogP contribution < -0.4 is 21.5 Å². The first kappa shape index (κ1) is 18.6. The highest BCUT2D eigenvalue weighted by Gasteiger charge is 2.08. The Morgan fingerprint density at radius 1 is 1.09 bits per heavy atom. The summed E-state index contributed by atoms with van der Waals surface area (Å²) in [6.07, 6.45) is 2.08. The minimum Gasteiger partial charge on any atom is -0.326 e. The van der Waals surface area contributed by atoms with Crippen LogP contribution in [0.4, 0.5) is 5.69 Å². The Morgan fingerprint density at radius 3 is 2.30 bits per heavy atom. The molecule has 0 saturated carbocycles. The van der Waals surface area contributed by atoms with Gasteiger partial charge in [0.2, 0.25) is 11.8 Å². The molecule has 0 fully saturated rings. The predicted octanol–water partition coefficient (Wildman–Crippen LogP) is 1.47. The molecule has 0 spiro atoms. The van der Waals surface area contributed by atoms with E-state index in [1.807, 2.05) is 6.92 Å². The number of amides is 3. The molecule has 8 heteroatoms. The molecule has 0 aliphatic heterocycles. The number of carbonyl (C=O) groups excluding carboxylic acids is 3. The van der Waals surface area contributed by atoms with Gasteiger partial charge in [0, 0.05) is 24.6 Å². The number of hydrogen-bond acceptors (Lipinski definition) is 4. The van der Waals surface area contributed by atoms with E-state index in [1.54, 1.807) is 24.3 Å². The summed E-state index contributed by atoms with van der Waals surface area (Å²) >= 11 is 4.91. The van der Waals surface area contributed by atoms with E-state index in [0.29, 0.717) is 17.7 Å². The van der Waals surface area contributed by atoms with Gasteiger partial charge in [-0.15, -0.1) is 0 Å². The minimum absolute atomic E-state index is 0.0364. The van der Waals surface area contributed by atoms with Crippen molar-refractivity contribution in [1.82, 2.24) is 16.2 Å². The topological polar surface area (TPSA) is 99.3 Å². The molecule has 3 amide bonds. The van der Waals surface area contributed by atoms with Crippen molar-refractivity contribution < 1.29 is 14.4 Å². The Morgan fingerprint density at radius 2 is 1.74 bits per heavy atom. The van der Waals surface area contributed by atoms with E-state index in [9.17, 15) is 14.4 Å². The lowest BCUT2D eigenvalue weighted by molar-refractivity contribution is -0.119. The predicted molar refractivity (Wildman–Crippen MR) is 91.6 cm³/mol. The Labute approximate surface area is 140 Å². The monoisotopic (exact) mass is 336 g/mol. The van der Waals surface area contributed by atoms with Crippen molar-refractivity contribution in [3.05, 3.63) is 29.8 Å². The van der Waals surface area contributed by atoms with E-state index < -0.39 is 5.91 Å². The van der Waals surface area contributed by atoms with Crippen LogP contribution >= 0.6 is 12.2 Å². The van der Waals surface area contributed by atoms with Crippen LogP contribution in [0.15, 0.2) is 24.3 Å². The standard InChI is InChI=1S/C15H20N4O3S/c1-3-4-5-13(21)17-15(23)19-18-14(22)11-6-8-12(9-7-11)16-10(2)20/h6-9H,3-5H2,1-2H3,(H,16,20)(H,18,22)(H2,17,19,21,23). The summed E-state index contributed by atoms with van der Waals surface area (Å²) in [4.78, 5) is 34.3. The van der Waals surface area contributed by atoms with E-state index >= 15 is 0 Å². The van der Waals surface area contributed by atoms with Crippen LogP contribution in [0.2, 0.25) is 0 Å². The average Bonchev–Trinajstić information content (AvgIpc) is 2.50. The molecule has 0 aliphatic rings. The molecule has 0 saturated heterocycles. The summed E-state index contributed by atoms with van der Waals surface area (Å²) in [5.41, 5.74) is 5.83. The lowest BCUT2D eigenvalue weighted by atomic mass is 10.2. The Balaban J connectivity index is 2.42. The van der Waals surface area contributed by atoms with Crippen LogP contribution in [0, 0.1) is 0 Å². The molecule has 1 aromatic carbocycles. The minimum atomic E-state index is -0.412. The Bertz CT molecular complexity index is 587. The number of hydrogen-bond donors (Lipinski definition) is 4. The van der Waals surface area contributed by atoms with Crippen molar-refractivity contribution in [2.45, 2.75) is 33.1 Å². The Hall–Kier alpha value is -2.48. The van der Waals surface area contributed by atoms with Gasteiger partial charge >= 0.3 is 0 Å². The van der Waals surface area contributed by atoms with Gasteiger partial charge in [0.25, 0.3) is 5.91 Å². The first-order valence-corrected chi connectivity index (χ1v) is 7.61. The summed E-state index contributed by atoms with van der Waals surface area (Å²) in [5.74, 6) is -0.796. The highest BCUT2D eigenvalue weighted by Crippen LogP contribution is 2.09. The van der Waals surface area contributed by atoms with Crippen LogP contribution in [-0.2, 0) is 9.59 Å². The zero-order valence-corrected chi connectivity index (χ0v) is 13.9. The van der Waals surface area contributed by atoms with Gasteiger partial charge in [-0.3, -0.25) is 25.2 Å². The summed E-state index contributed by atoms with van der Waals surface area (Å²) in [6.45, 7) is 3.39. The van der Waals surface area contributed by atoms with Crippen LogP contribution in [0.1, 0.15) is 43.5 Å². The quantitative estimate of drug-likeness (QED) is 0.482. The maximum Gasteiger partial charge on any atom is 0.269 e. The van der Waals surface area contributed by atoms with Gasteiger partial charge in [-0.2, -0.15) is 0 Å². The fourth-order valence-electron chi connectivity index (χ4n) is 1.65. The van der Waals surface area contributed by atoms with Crippen molar-refractivity contribution in [2.75, 3.05) is 5.32 Å². The summed E-state index contributed by atoms with van der Waals surface area (Å²) < 4.78 is 0. The Kier molecular flexibility index (Phi) is 7.69. The highest BCUT2D eigenvalue weighted by molar-refractivity contribution is 7.80. The van der Waals surface area contributed by atoms with Crippen LogP contribution in [0.5, 0.6) is 0 Å². The molecule has 7 nitrogen and oxygen atoms in total. The molecule has 1 rings (SSSR count). The molecule has 124 valence electrons. The molecule has 0 bridgehead atoms. The molecular formula is C15H20N4O3S. The van der Waals surface area contributed by atoms with Gasteiger partial charge < -0.3 is 10.6 Å². The van der Waals surface area contributed by atoms with E-state index in [1.165, 1.54) is 6.92 Å². The van der Waals surface area contributed by atoms with Crippen molar-refractivity contribution in [3.8, 4) is 0 Å². The van der Waals surface area contributed by atoms with Crippen LogP contribution in [0.3, 0.4) is 0 Å². The third-order valence-corrected chi connectivity index (χ3v) is 2.97. The number of benzene rings is 1. The van der Waals surface area contributed by atoms with Gasteiger partial charge in [0.05, 0.1) is 0 Å². The van der Waals surface area contributed by atoms with Crippen LogP contribution in [-0.4, -0.2) is 22.8 Å². The number of hydrazine groups is 1. The average molecular weight is 336 g/mol. The third-order valence-electron chi connectivity index (χ3n) is 2.77. The van der Waals surface area contributed by atoms with Crippen molar-refractivity contribution in [3.63, 3.8) is 0 Å². The third kappa shape index (κ3) is 7.37. The fraction of sp³-hybridized carbons (Fsp3) is 0.333. The fourth-order valence-corrected chi connectivity index (χ4v) is 1.82. The normalized spacial score (nSPS) is 9.65. The highest BCUT2D eigenvalue weighted by atomic mass is 32.1. The number of nitrogens with one attached hydrogen (secondary N) is 4.